The highest BCUT2D eigenvalue weighted by Gasteiger charge is 2.32. The molecule has 0 heterocycles. The van der Waals surface area contributed by atoms with Gasteiger partial charge in [-0.2, -0.15) is 0 Å². The molecule has 0 spiro atoms. The molecule has 5 heteroatoms. The number of para-hydroxylation sites is 1. The van der Waals surface area contributed by atoms with Gasteiger partial charge in [0.2, 0.25) is 0 Å². The molecule has 0 aliphatic heterocycles. The molecule has 1 rings (SSSR count). The minimum absolute atomic E-state index is 0.00942. The van der Waals surface area contributed by atoms with Gasteiger partial charge in [0, 0.05) is 0 Å². The summed E-state index contributed by atoms with van der Waals surface area (Å²) in [5.74, 6) is -0.391. The summed E-state index contributed by atoms with van der Waals surface area (Å²) in [5.41, 5.74) is 0.342. The standard InChI is InChI=1S/C9H8F3O2/c1-6-4-3-5-7(8(6)13-2)14-9(10,11)12/h3-5H,1H2,2H3. The molecule has 0 unspecified atom stereocenters. The van der Waals surface area contributed by atoms with E-state index < -0.39 is 6.36 Å². The Hall–Kier alpha value is -1.39. The number of hydrogen-bond acceptors (Lipinski definition) is 2. The van der Waals surface area contributed by atoms with Crippen molar-refractivity contribution in [3.63, 3.8) is 0 Å². The summed E-state index contributed by atoms with van der Waals surface area (Å²) in [6, 6.07) is 4.11. The summed E-state index contributed by atoms with van der Waals surface area (Å²) >= 11 is 0. The molecule has 0 saturated carbocycles. The van der Waals surface area contributed by atoms with Crippen LogP contribution in [0.3, 0.4) is 0 Å². The molecule has 0 saturated heterocycles. The third-order valence-corrected chi connectivity index (χ3v) is 1.49. The van der Waals surface area contributed by atoms with Crippen LogP contribution in [-0.4, -0.2) is 13.5 Å². The van der Waals surface area contributed by atoms with Crippen molar-refractivity contribution >= 4 is 0 Å². The quantitative estimate of drug-likeness (QED) is 0.739. The average Bonchev–Trinajstić information content (AvgIpc) is 2.01. The Morgan fingerprint density at radius 1 is 1.29 bits per heavy atom. The largest absolute Gasteiger partial charge is 0.573 e. The molecular formula is C9H8F3O2. The van der Waals surface area contributed by atoms with Crippen molar-refractivity contribution in [3.05, 3.63) is 30.7 Å². The fourth-order valence-electron chi connectivity index (χ4n) is 0.998. The number of methoxy groups -OCH3 is 1. The zero-order valence-corrected chi connectivity index (χ0v) is 7.39. The normalized spacial score (nSPS) is 11.2. The molecule has 0 aliphatic rings. The fourth-order valence-corrected chi connectivity index (χ4v) is 0.998. The predicted molar refractivity (Wildman–Crippen MR) is 44.1 cm³/mol. The van der Waals surface area contributed by atoms with Crippen LogP contribution in [0.4, 0.5) is 13.2 Å². The van der Waals surface area contributed by atoms with Crippen molar-refractivity contribution in [3.8, 4) is 11.5 Å². The minimum atomic E-state index is -4.72. The molecule has 0 bridgehead atoms. The van der Waals surface area contributed by atoms with E-state index in [1.165, 1.54) is 25.3 Å². The summed E-state index contributed by atoms with van der Waals surface area (Å²) in [5, 5.41) is 0. The lowest BCUT2D eigenvalue weighted by Crippen LogP contribution is -2.17. The second kappa shape index (κ2) is 3.77. The van der Waals surface area contributed by atoms with Crippen LogP contribution >= 0.6 is 0 Å². The monoisotopic (exact) mass is 205 g/mol. The molecule has 1 aromatic rings. The number of ether oxygens (including phenoxy) is 2. The number of hydrogen-bond donors (Lipinski definition) is 0. The van der Waals surface area contributed by atoms with Gasteiger partial charge in [0.1, 0.15) is 0 Å². The average molecular weight is 205 g/mol. The lowest BCUT2D eigenvalue weighted by Gasteiger charge is -2.13. The summed E-state index contributed by atoms with van der Waals surface area (Å²) < 4.78 is 44.1. The SMILES string of the molecule is [CH2]c1cccc(OC(F)(F)F)c1OC. The first-order valence-electron chi connectivity index (χ1n) is 3.69. The van der Waals surface area contributed by atoms with Crippen molar-refractivity contribution in [1.82, 2.24) is 0 Å². The zero-order chi connectivity index (χ0) is 10.8. The van der Waals surface area contributed by atoms with Crippen LogP contribution in [-0.2, 0) is 0 Å². The van der Waals surface area contributed by atoms with E-state index in [1.54, 1.807) is 0 Å². The van der Waals surface area contributed by atoms with Crippen LogP contribution < -0.4 is 9.47 Å². The van der Waals surface area contributed by atoms with Gasteiger partial charge in [0.05, 0.1) is 7.11 Å². The van der Waals surface area contributed by atoms with Crippen LogP contribution in [0.25, 0.3) is 0 Å². The van der Waals surface area contributed by atoms with E-state index in [1.807, 2.05) is 0 Å². The zero-order valence-electron chi connectivity index (χ0n) is 7.39. The maximum absolute atomic E-state index is 11.9. The van der Waals surface area contributed by atoms with E-state index in [2.05, 4.69) is 11.7 Å². The highest BCUT2D eigenvalue weighted by molar-refractivity contribution is 5.47. The van der Waals surface area contributed by atoms with E-state index in [0.717, 1.165) is 0 Å². The number of benzene rings is 1. The van der Waals surface area contributed by atoms with Crippen molar-refractivity contribution in [2.24, 2.45) is 0 Å². The topological polar surface area (TPSA) is 18.5 Å². The van der Waals surface area contributed by atoms with Crippen LogP contribution in [0.15, 0.2) is 18.2 Å². The summed E-state index contributed by atoms with van der Waals surface area (Å²) in [6.07, 6.45) is -4.72. The maximum atomic E-state index is 11.9. The molecule has 77 valence electrons. The van der Waals surface area contributed by atoms with Gasteiger partial charge in [-0.15, -0.1) is 13.2 Å². The van der Waals surface area contributed by atoms with E-state index in [-0.39, 0.29) is 11.5 Å². The van der Waals surface area contributed by atoms with Gasteiger partial charge in [0.15, 0.2) is 11.5 Å². The molecule has 0 aromatic heterocycles. The first kappa shape index (κ1) is 10.7. The Balaban J connectivity index is 3.02. The second-order valence-electron chi connectivity index (χ2n) is 2.50. The third kappa shape index (κ3) is 2.55. The van der Waals surface area contributed by atoms with E-state index in [4.69, 9.17) is 4.74 Å². The van der Waals surface area contributed by atoms with Crippen LogP contribution in [0.1, 0.15) is 5.56 Å². The van der Waals surface area contributed by atoms with Gasteiger partial charge in [-0.05, 0) is 18.6 Å². The van der Waals surface area contributed by atoms with E-state index in [9.17, 15) is 13.2 Å². The summed E-state index contributed by atoms with van der Waals surface area (Å²) in [4.78, 5) is 0. The lowest BCUT2D eigenvalue weighted by molar-refractivity contribution is -0.275. The van der Waals surface area contributed by atoms with Crippen molar-refractivity contribution < 1.29 is 22.6 Å². The Kier molecular flexibility index (Phi) is 2.88. The van der Waals surface area contributed by atoms with Crippen LogP contribution in [0.2, 0.25) is 0 Å². The smallest absolute Gasteiger partial charge is 0.493 e. The van der Waals surface area contributed by atoms with Gasteiger partial charge in [-0.1, -0.05) is 12.1 Å². The first-order valence-corrected chi connectivity index (χ1v) is 3.69. The molecule has 0 amide bonds. The van der Waals surface area contributed by atoms with Gasteiger partial charge < -0.3 is 9.47 Å². The van der Waals surface area contributed by atoms with Crippen LogP contribution in [0.5, 0.6) is 11.5 Å². The molecule has 0 fully saturated rings. The Morgan fingerprint density at radius 2 is 1.93 bits per heavy atom. The molecule has 1 radical (unpaired) electrons. The van der Waals surface area contributed by atoms with Crippen molar-refractivity contribution in [2.75, 3.05) is 7.11 Å². The summed E-state index contributed by atoms with van der Waals surface area (Å²) in [7, 11) is 1.26. The summed E-state index contributed by atoms with van der Waals surface area (Å²) in [6.45, 7) is 3.51. The lowest BCUT2D eigenvalue weighted by atomic mass is 10.2. The highest BCUT2D eigenvalue weighted by atomic mass is 19.4. The van der Waals surface area contributed by atoms with Crippen molar-refractivity contribution in [2.45, 2.75) is 6.36 Å². The Labute approximate surface area is 79.2 Å². The second-order valence-corrected chi connectivity index (χ2v) is 2.50. The minimum Gasteiger partial charge on any atom is -0.493 e. The highest BCUT2D eigenvalue weighted by Crippen LogP contribution is 2.34. The molecule has 2 nitrogen and oxygen atoms in total. The third-order valence-electron chi connectivity index (χ3n) is 1.49. The molecule has 0 aliphatic carbocycles. The maximum Gasteiger partial charge on any atom is 0.573 e. The Morgan fingerprint density at radius 3 is 2.43 bits per heavy atom. The number of rotatable bonds is 2. The first-order chi connectivity index (χ1) is 6.44. The van der Waals surface area contributed by atoms with Gasteiger partial charge in [-0.25, -0.2) is 0 Å². The molecule has 0 atom stereocenters. The predicted octanol–water partition coefficient (Wildman–Crippen LogP) is 2.78. The van der Waals surface area contributed by atoms with Gasteiger partial charge in [-0.3, -0.25) is 0 Å². The number of alkyl halides is 3. The molecule has 1 aromatic carbocycles. The van der Waals surface area contributed by atoms with Gasteiger partial charge >= 0.3 is 6.36 Å². The molecular weight excluding hydrogens is 197 g/mol. The van der Waals surface area contributed by atoms with E-state index in [0.29, 0.717) is 5.56 Å². The fraction of sp³-hybridized carbons (Fsp3) is 0.222. The van der Waals surface area contributed by atoms with Crippen molar-refractivity contribution in [1.29, 1.82) is 0 Å². The number of halogens is 3. The van der Waals surface area contributed by atoms with E-state index >= 15 is 0 Å². The molecule has 14 heavy (non-hydrogen) atoms. The Bertz CT molecular complexity index is 320. The molecule has 0 N–H and O–H groups in total. The van der Waals surface area contributed by atoms with Crippen LogP contribution in [0, 0.1) is 6.92 Å². The van der Waals surface area contributed by atoms with Gasteiger partial charge in [0.25, 0.3) is 0 Å².